The van der Waals surface area contributed by atoms with Gasteiger partial charge in [0, 0.05) is 19.1 Å². The van der Waals surface area contributed by atoms with E-state index < -0.39 is 10.0 Å². The van der Waals surface area contributed by atoms with E-state index in [9.17, 15) is 8.42 Å². The third-order valence-electron chi connectivity index (χ3n) is 3.33. The van der Waals surface area contributed by atoms with Crippen molar-refractivity contribution < 1.29 is 13.2 Å². The standard InChI is InChI=1S/C12H17ClN2O3S/c1-18-12-5-4-10(7-11(12)13)19(16,17)15-6-2-3-9(15)8-14/h4-5,7,9H,2-3,6,8,14H2,1H3. The van der Waals surface area contributed by atoms with E-state index in [2.05, 4.69) is 0 Å². The average Bonchev–Trinajstić information content (AvgIpc) is 2.87. The molecule has 2 rings (SSSR count). The predicted molar refractivity (Wildman–Crippen MR) is 74.0 cm³/mol. The molecule has 0 aliphatic carbocycles. The van der Waals surface area contributed by atoms with Crippen LogP contribution in [0.4, 0.5) is 0 Å². The molecular weight excluding hydrogens is 288 g/mol. The van der Waals surface area contributed by atoms with Crippen LogP contribution in [0.2, 0.25) is 5.02 Å². The molecule has 1 aromatic rings. The molecule has 19 heavy (non-hydrogen) atoms. The highest BCUT2D eigenvalue weighted by atomic mass is 35.5. The van der Waals surface area contributed by atoms with Crippen molar-refractivity contribution in [3.63, 3.8) is 0 Å². The zero-order valence-electron chi connectivity index (χ0n) is 10.7. The van der Waals surface area contributed by atoms with Gasteiger partial charge in [-0.15, -0.1) is 0 Å². The van der Waals surface area contributed by atoms with Crippen molar-refractivity contribution >= 4 is 21.6 Å². The molecule has 1 fully saturated rings. The average molecular weight is 305 g/mol. The van der Waals surface area contributed by atoms with Crippen LogP contribution in [0.25, 0.3) is 0 Å². The van der Waals surface area contributed by atoms with Gasteiger partial charge in [-0.05, 0) is 31.0 Å². The summed E-state index contributed by atoms with van der Waals surface area (Å²) in [6.07, 6.45) is 1.64. The van der Waals surface area contributed by atoms with Crippen LogP contribution in [-0.2, 0) is 10.0 Å². The number of rotatable bonds is 4. The summed E-state index contributed by atoms with van der Waals surface area (Å²) in [5.74, 6) is 0.456. The lowest BCUT2D eigenvalue weighted by molar-refractivity contribution is 0.392. The number of sulfonamides is 1. The summed E-state index contributed by atoms with van der Waals surface area (Å²) in [5.41, 5.74) is 5.62. The van der Waals surface area contributed by atoms with Gasteiger partial charge in [-0.3, -0.25) is 0 Å². The van der Waals surface area contributed by atoms with Crippen LogP contribution in [0.3, 0.4) is 0 Å². The highest BCUT2D eigenvalue weighted by molar-refractivity contribution is 7.89. The molecule has 0 aromatic heterocycles. The van der Waals surface area contributed by atoms with Gasteiger partial charge in [0.2, 0.25) is 10.0 Å². The smallest absolute Gasteiger partial charge is 0.243 e. The first-order valence-electron chi connectivity index (χ1n) is 6.06. The Morgan fingerprint density at radius 2 is 2.26 bits per heavy atom. The largest absolute Gasteiger partial charge is 0.495 e. The van der Waals surface area contributed by atoms with Crippen LogP contribution in [0.5, 0.6) is 5.75 Å². The van der Waals surface area contributed by atoms with Gasteiger partial charge in [0.15, 0.2) is 0 Å². The Morgan fingerprint density at radius 3 is 2.84 bits per heavy atom. The Kier molecular flexibility index (Phi) is 4.35. The van der Waals surface area contributed by atoms with Gasteiger partial charge in [-0.1, -0.05) is 11.6 Å². The molecule has 0 saturated carbocycles. The molecule has 1 heterocycles. The van der Waals surface area contributed by atoms with Crippen molar-refractivity contribution in [2.24, 2.45) is 5.73 Å². The molecule has 5 nitrogen and oxygen atoms in total. The zero-order chi connectivity index (χ0) is 14.0. The molecule has 106 valence electrons. The number of nitrogens with two attached hydrogens (primary N) is 1. The van der Waals surface area contributed by atoms with E-state index in [4.69, 9.17) is 22.1 Å². The van der Waals surface area contributed by atoms with E-state index >= 15 is 0 Å². The number of methoxy groups -OCH3 is 1. The Labute approximate surface area is 118 Å². The summed E-state index contributed by atoms with van der Waals surface area (Å²) >= 11 is 5.98. The van der Waals surface area contributed by atoms with Crippen LogP contribution < -0.4 is 10.5 Å². The molecular formula is C12H17ClN2O3S. The predicted octanol–water partition coefficient (Wildman–Crippen LogP) is 1.46. The van der Waals surface area contributed by atoms with Gasteiger partial charge >= 0.3 is 0 Å². The highest BCUT2D eigenvalue weighted by Gasteiger charge is 2.34. The van der Waals surface area contributed by atoms with Crippen molar-refractivity contribution in [1.29, 1.82) is 0 Å². The van der Waals surface area contributed by atoms with Gasteiger partial charge < -0.3 is 10.5 Å². The molecule has 1 aliphatic heterocycles. The summed E-state index contributed by atoms with van der Waals surface area (Å²) in [7, 11) is -2.05. The normalized spacial score (nSPS) is 20.7. The van der Waals surface area contributed by atoms with Crippen molar-refractivity contribution in [1.82, 2.24) is 4.31 Å². The quantitative estimate of drug-likeness (QED) is 0.914. The lowest BCUT2D eigenvalue weighted by atomic mass is 10.2. The minimum Gasteiger partial charge on any atom is -0.495 e. The van der Waals surface area contributed by atoms with E-state index in [0.29, 0.717) is 18.8 Å². The Balaban J connectivity index is 2.37. The zero-order valence-corrected chi connectivity index (χ0v) is 12.2. The van der Waals surface area contributed by atoms with Crippen molar-refractivity contribution in [3.8, 4) is 5.75 Å². The summed E-state index contributed by atoms with van der Waals surface area (Å²) in [5, 5.41) is 0.284. The number of benzene rings is 1. The molecule has 1 unspecified atom stereocenters. The molecule has 2 N–H and O–H groups in total. The third-order valence-corrected chi connectivity index (χ3v) is 5.57. The van der Waals surface area contributed by atoms with E-state index in [1.54, 1.807) is 6.07 Å². The summed E-state index contributed by atoms with van der Waals surface area (Å²) in [4.78, 5) is 0.179. The van der Waals surface area contributed by atoms with Gasteiger partial charge in [0.1, 0.15) is 5.75 Å². The Bertz CT molecular complexity index is 562. The lowest BCUT2D eigenvalue weighted by Crippen LogP contribution is -2.39. The molecule has 1 aliphatic rings. The van der Waals surface area contributed by atoms with Crippen LogP contribution in [0, 0.1) is 0 Å². The van der Waals surface area contributed by atoms with E-state index in [1.165, 1.54) is 23.5 Å². The van der Waals surface area contributed by atoms with Crippen molar-refractivity contribution in [3.05, 3.63) is 23.2 Å². The number of ether oxygens (including phenoxy) is 1. The maximum atomic E-state index is 12.5. The van der Waals surface area contributed by atoms with Crippen LogP contribution in [0.1, 0.15) is 12.8 Å². The number of halogens is 1. The van der Waals surface area contributed by atoms with Crippen LogP contribution >= 0.6 is 11.6 Å². The molecule has 0 bridgehead atoms. The minimum atomic E-state index is -3.53. The van der Waals surface area contributed by atoms with Crippen LogP contribution in [0.15, 0.2) is 23.1 Å². The fourth-order valence-corrected chi connectivity index (χ4v) is 4.36. The second-order valence-electron chi connectivity index (χ2n) is 4.44. The van der Waals surface area contributed by atoms with Crippen LogP contribution in [-0.4, -0.2) is 39.0 Å². The second kappa shape index (κ2) is 5.66. The summed E-state index contributed by atoms with van der Waals surface area (Å²) in [6.45, 7) is 0.844. The van der Waals surface area contributed by atoms with Gasteiger partial charge in [-0.25, -0.2) is 8.42 Å². The number of nitrogens with zero attached hydrogens (tertiary/aromatic N) is 1. The van der Waals surface area contributed by atoms with Gasteiger partial charge in [0.05, 0.1) is 17.0 Å². The minimum absolute atomic E-state index is 0.120. The fourth-order valence-electron chi connectivity index (χ4n) is 2.30. The fraction of sp³-hybridized carbons (Fsp3) is 0.500. The monoisotopic (exact) mass is 304 g/mol. The van der Waals surface area contributed by atoms with E-state index in [-0.39, 0.29) is 16.0 Å². The molecule has 0 amide bonds. The maximum Gasteiger partial charge on any atom is 0.243 e. The van der Waals surface area contributed by atoms with Gasteiger partial charge in [0.25, 0.3) is 0 Å². The Hall–Kier alpha value is -0.820. The molecule has 1 saturated heterocycles. The Morgan fingerprint density at radius 1 is 1.53 bits per heavy atom. The summed E-state index contributed by atoms with van der Waals surface area (Å²) < 4.78 is 31.5. The molecule has 0 radical (unpaired) electrons. The van der Waals surface area contributed by atoms with Crippen molar-refractivity contribution in [2.45, 2.75) is 23.8 Å². The first kappa shape index (κ1) is 14.6. The van der Waals surface area contributed by atoms with E-state index in [0.717, 1.165) is 12.8 Å². The van der Waals surface area contributed by atoms with Gasteiger partial charge in [-0.2, -0.15) is 4.31 Å². The van der Waals surface area contributed by atoms with E-state index in [1.807, 2.05) is 0 Å². The highest BCUT2D eigenvalue weighted by Crippen LogP contribution is 2.31. The molecule has 7 heteroatoms. The molecule has 0 spiro atoms. The first-order chi connectivity index (χ1) is 9.00. The second-order valence-corrected chi connectivity index (χ2v) is 6.74. The maximum absolute atomic E-state index is 12.5. The van der Waals surface area contributed by atoms with Crippen molar-refractivity contribution in [2.75, 3.05) is 20.2 Å². The SMILES string of the molecule is COc1ccc(S(=O)(=O)N2CCCC2CN)cc1Cl. The lowest BCUT2D eigenvalue weighted by Gasteiger charge is -2.23. The molecule has 1 aromatic carbocycles. The topological polar surface area (TPSA) is 72.6 Å². The third kappa shape index (κ3) is 2.72. The number of hydrogen-bond donors (Lipinski definition) is 1. The number of hydrogen-bond acceptors (Lipinski definition) is 4. The first-order valence-corrected chi connectivity index (χ1v) is 7.88. The molecule has 1 atom stereocenters. The summed E-state index contributed by atoms with van der Waals surface area (Å²) in [6, 6.07) is 4.36.